The standard InChI is InChI=1S/C19H14ClNO7S/c1-9(18(25)27-2)21-16(22)15(29-19(21)26)8-11-4-6-14(28-11)12-7-10(17(23)24)3-5-13(12)20/h3-9H,1-2H3,(H,23,24). The lowest BCUT2D eigenvalue weighted by molar-refractivity contribution is -0.148. The van der Waals surface area contributed by atoms with Crippen LogP contribution in [0.1, 0.15) is 23.0 Å². The molecule has 0 saturated carbocycles. The highest BCUT2D eigenvalue weighted by Gasteiger charge is 2.41. The summed E-state index contributed by atoms with van der Waals surface area (Å²) >= 11 is 6.81. The van der Waals surface area contributed by atoms with E-state index in [-0.39, 0.29) is 16.2 Å². The van der Waals surface area contributed by atoms with Crippen LogP contribution in [0.5, 0.6) is 0 Å². The van der Waals surface area contributed by atoms with Gasteiger partial charge in [-0.25, -0.2) is 9.59 Å². The summed E-state index contributed by atoms with van der Waals surface area (Å²) < 4.78 is 10.2. The molecule has 10 heteroatoms. The van der Waals surface area contributed by atoms with Crippen LogP contribution in [0.2, 0.25) is 5.02 Å². The number of furan rings is 1. The molecule has 1 aromatic heterocycles. The second-order valence-corrected chi connectivity index (χ2v) is 7.35. The minimum atomic E-state index is -1.11. The number of hydrogen-bond acceptors (Lipinski definition) is 7. The zero-order valence-electron chi connectivity index (χ0n) is 15.2. The van der Waals surface area contributed by atoms with Gasteiger partial charge in [0.05, 0.1) is 22.6 Å². The van der Waals surface area contributed by atoms with Crippen LogP contribution >= 0.6 is 23.4 Å². The van der Waals surface area contributed by atoms with Crippen LogP contribution in [0.15, 0.2) is 39.7 Å². The fraction of sp³-hybridized carbons (Fsp3) is 0.158. The maximum absolute atomic E-state index is 12.5. The molecule has 29 heavy (non-hydrogen) atoms. The van der Waals surface area contributed by atoms with Crippen LogP contribution < -0.4 is 0 Å². The Labute approximate surface area is 174 Å². The topological polar surface area (TPSA) is 114 Å². The highest BCUT2D eigenvalue weighted by Crippen LogP contribution is 2.35. The molecule has 1 aliphatic heterocycles. The summed E-state index contributed by atoms with van der Waals surface area (Å²) in [5.74, 6) is -1.90. The van der Waals surface area contributed by atoms with E-state index in [1.807, 2.05) is 0 Å². The SMILES string of the molecule is COC(=O)C(C)N1C(=O)SC(=Cc2ccc(-c3cc(C(=O)O)ccc3Cl)o2)C1=O. The van der Waals surface area contributed by atoms with E-state index >= 15 is 0 Å². The molecule has 1 N–H and O–H groups in total. The number of methoxy groups -OCH3 is 1. The average Bonchev–Trinajstić information content (AvgIpc) is 3.25. The summed E-state index contributed by atoms with van der Waals surface area (Å²) in [7, 11) is 1.17. The Morgan fingerprint density at radius 3 is 2.66 bits per heavy atom. The van der Waals surface area contributed by atoms with Gasteiger partial charge in [-0.05, 0) is 49.0 Å². The van der Waals surface area contributed by atoms with Crippen LogP contribution in [-0.2, 0) is 14.3 Å². The van der Waals surface area contributed by atoms with Crippen molar-refractivity contribution in [1.82, 2.24) is 4.90 Å². The molecule has 2 amide bonds. The number of carbonyl (C=O) groups excluding carboxylic acids is 3. The fourth-order valence-corrected chi connectivity index (χ4v) is 3.74. The molecular formula is C19H14ClNO7S. The number of amides is 2. The van der Waals surface area contributed by atoms with Crippen LogP contribution in [0.25, 0.3) is 17.4 Å². The zero-order chi connectivity index (χ0) is 21.3. The van der Waals surface area contributed by atoms with E-state index in [1.165, 1.54) is 38.3 Å². The summed E-state index contributed by atoms with van der Waals surface area (Å²) in [5, 5.41) is 8.83. The van der Waals surface area contributed by atoms with Crippen molar-refractivity contribution in [1.29, 1.82) is 0 Å². The number of hydrogen-bond donors (Lipinski definition) is 1. The van der Waals surface area contributed by atoms with E-state index in [9.17, 15) is 19.2 Å². The van der Waals surface area contributed by atoms with Crippen molar-refractivity contribution in [2.24, 2.45) is 0 Å². The summed E-state index contributed by atoms with van der Waals surface area (Å²) in [6.45, 7) is 1.40. The predicted octanol–water partition coefficient (Wildman–Crippen LogP) is 3.90. The summed E-state index contributed by atoms with van der Waals surface area (Å²) in [6.07, 6.45) is 1.37. The molecule has 1 fully saturated rings. The number of halogens is 1. The molecule has 0 radical (unpaired) electrons. The first kappa shape index (κ1) is 20.7. The van der Waals surface area contributed by atoms with E-state index < -0.39 is 29.1 Å². The maximum atomic E-state index is 12.5. The minimum Gasteiger partial charge on any atom is -0.478 e. The van der Waals surface area contributed by atoms with Crippen molar-refractivity contribution in [3.63, 3.8) is 0 Å². The predicted molar refractivity (Wildman–Crippen MR) is 105 cm³/mol. The molecule has 2 aromatic rings. The maximum Gasteiger partial charge on any atom is 0.335 e. The molecular weight excluding hydrogens is 422 g/mol. The number of thioether (sulfide) groups is 1. The molecule has 8 nitrogen and oxygen atoms in total. The smallest absolute Gasteiger partial charge is 0.335 e. The van der Waals surface area contributed by atoms with Crippen molar-refractivity contribution in [2.75, 3.05) is 7.11 Å². The van der Waals surface area contributed by atoms with Crippen molar-refractivity contribution < 1.29 is 33.4 Å². The highest BCUT2D eigenvalue weighted by atomic mass is 35.5. The lowest BCUT2D eigenvalue weighted by Gasteiger charge is -2.18. The number of carboxylic acid groups (broad SMARTS) is 1. The van der Waals surface area contributed by atoms with Gasteiger partial charge in [-0.1, -0.05) is 11.6 Å². The third-order valence-electron chi connectivity index (χ3n) is 4.13. The van der Waals surface area contributed by atoms with Gasteiger partial charge < -0.3 is 14.3 Å². The second-order valence-electron chi connectivity index (χ2n) is 5.95. The van der Waals surface area contributed by atoms with Crippen molar-refractivity contribution in [3.05, 3.63) is 51.6 Å². The number of imide groups is 1. The van der Waals surface area contributed by atoms with Gasteiger partial charge in [0.25, 0.3) is 11.1 Å². The Balaban J connectivity index is 1.89. The van der Waals surface area contributed by atoms with Crippen LogP contribution in [0, 0.1) is 0 Å². The van der Waals surface area contributed by atoms with Gasteiger partial charge in [0.15, 0.2) is 0 Å². The van der Waals surface area contributed by atoms with E-state index in [4.69, 9.17) is 21.1 Å². The number of benzene rings is 1. The number of nitrogens with zero attached hydrogens (tertiary/aromatic N) is 1. The molecule has 0 aliphatic carbocycles. The first-order chi connectivity index (χ1) is 13.7. The Morgan fingerprint density at radius 1 is 1.28 bits per heavy atom. The Kier molecular flexibility index (Phi) is 5.81. The lowest BCUT2D eigenvalue weighted by Crippen LogP contribution is -2.42. The van der Waals surface area contributed by atoms with Crippen molar-refractivity contribution >= 4 is 52.5 Å². The highest BCUT2D eigenvalue weighted by molar-refractivity contribution is 8.18. The Morgan fingerprint density at radius 2 is 2.00 bits per heavy atom. The van der Waals surface area contributed by atoms with Gasteiger partial charge in [-0.3, -0.25) is 14.5 Å². The van der Waals surface area contributed by atoms with Crippen LogP contribution in [0.3, 0.4) is 0 Å². The molecule has 1 aromatic carbocycles. The fourth-order valence-electron chi connectivity index (χ4n) is 2.64. The zero-order valence-corrected chi connectivity index (χ0v) is 16.7. The normalized spacial score (nSPS) is 16.4. The summed E-state index contributed by atoms with van der Waals surface area (Å²) in [4.78, 5) is 48.4. The second kappa shape index (κ2) is 8.14. The van der Waals surface area contributed by atoms with Gasteiger partial charge in [0, 0.05) is 11.6 Å². The number of ether oxygens (including phenoxy) is 1. The monoisotopic (exact) mass is 435 g/mol. The summed E-state index contributed by atoms with van der Waals surface area (Å²) in [6, 6.07) is 6.26. The average molecular weight is 436 g/mol. The van der Waals surface area contributed by atoms with Gasteiger partial charge in [0.2, 0.25) is 0 Å². The molecule has 1 unspecified atom stereocenters. The van der Waals surface area contributed by atoms with Gasteiger partial charge >= 0.3 is 11.9 Å². The molecule has 150 valence electrons. The lowest BCUT2D eigenvalue weighted by atomic mass is 10.1. The van der Waals surface area contributed by atoms with E-state index in [0.29, 0.717) is 28.1 Å². The van der Waals surface area contributed by atoms with E-state index in [1.54, 1.807) is 12.1 Å². The minimum absolute atomic E-state index is 0.0419. The molecule has 1 saturated heterocycles. The van der Waals surface area contributed by atoms with E-state index in [0.717, 1.165) is 4.90 Å². The molecule has 3 rings (SSSR count). The van der Waals surface area contributed by atoms with Crippen LogP contribution in [0.4, 0.5) is 4.79 Å². The van der Waals surface area contributed by atoms with Gasteiger partial charge in [-0.15, -0.1) is 0 Å². The third-order valence-corrected chi connectivity index (χ3v) is 5.35. The van der Waals surface area contributed by atoms with Crippen LogP contribution in [-0.4, -0.2) is 46.2 Å². The van der Waals surface area contributed by atoms with E-state index in [2.05, 4.69) is 4.74 Å². The summed E-state index contributed by atoms with van der Waals surface area (Å²) in [5.41, 5.74) is 0.416. The number of aromatic carboxylic acids is 1. The van der Waals surface area contributed by atoms with Crippen molar-refractivity contribution in [3.8, 4) is 11.3 Å². The Bertz CT molecular complexity index is 1060. The number of rotatable bonds is 5. The molecule has 1 aliphatic rings. The first-order valence-corrected chi connectivity index (χ1v) is 9.40. The van der Waals surface area contributed by atoms with Gasteiger partial charge in [0.1, 0.15) is 17.6 Å². The van der Waals surface area contributed by atoms with Crippen molar-refractivity contribution in [2.45, 2.75) is 13.0 Å². The molecule has 2 heterocycles. The first-order valence-electron chi connectivity index (χ1n) is 8.21. The molecule has 1 atom stereocenters. The molecule has 0 spiro atoms. The van der Waals surface area contributed by atoms with Gasteiger partial charge in [-0.2, -0.15) is 0 Å². The Hall–Kier alpha value is -3.04. The third kappa shape index (κ3) is 4.06. The number of esters is 1. The quantitative estimate of drug-likeness (QED) is 0.555. The largest absolute Gasteiger partial charge is 0.478 e. The molecule has 0 bridgehead atoms. The number of carbonyl (C=O) groups is 4. The number of carboxylic acids is 1.